The Labute approximate surface area is 61.9 Å². The van der Waals surface area contributed by atoms with Crippen molar-refractivity contribution >= 4 is 0 Å². The molecule has 4 heteroatoms. The Bertz CT molecular complexity index is 53.0. The van der Waals surface area contributed by atoms with Gasteiger partial charge < -0.3 is 21.5 Å². The molecule has 0 aliphatic rings. The Kier molecular flexibility index (Phi) is 8.70. The molecule has 4 nitrogen and oxygen atoms in total. The lowest BCUT2D eigenvalue weighted by Crippen LogP contribution is -2.26. The fourth-order valence-corrected chi connectivity index (χ4v) is 0.557. The normalized spacial score (nSPS) is 10.2. The van der Waals surface area contributed by atoms with E-state index in [0.29, 0.717) is 19.7 Å². The van der Waals surface area contributed by atoms with Crippen LogP contribution in [0.15, 0.2) is 0 Å². The molecule has 0 spiro atoms. The largest absolute Gasteiger partial charge is 0.379 e. The van der Waals surface area contributed by atoms with Crippen LogP contribution in [0.4, 0.5) is 0 Å². The Hall–Kier alpha value is -0.160. The lowest BCUT2D eigenvalue weighted by atomic mass is 10.6. The molecule has 0 fully saturated rings. The summed E-state index contributed by atoms with van der Waals surface area (Å²) in [5.74, 6) is 0. The van der Waals surface area contributed by atoms with Crippen LogP contribution in [0.5, 0.6) is 0 Å². The molecule has 0 heterocycles. The molecule has 0 rings (SSSR count). The number of nitrogens with two attached hydrogens (primary N) is 2. The molecular weight excluding hydrogens is 130 g/mol. The summed E-state index contributed by atoms with van der Waals surface area (Å²) >= 11 is 0. The number of nitrogens with one attached hydrogen (secondary N) is 1. The summed E-state index contributed by atoms with van der Waals surface area (Å²) in [4.78, 5) is 0. The maximum atomic E-state index is 5.25. The molecule has 5 N–H and O–H groups in total. The average Bonchev–Trinajstić information content (AvgIpc) is 1.97. The van der Waals surface area contributed by atoms with E-state index in [9.17, 15) is 0 Å². The second-order valence-electron chi connectivity index (χ2n) is 1.94. The quantitative estimate of drug-likeness (QED) is 0.384. The molecule has 0 aromatic carbocycles. The van der Waals surface area contributed by atoms with Gasteiger partial charge in [0.15, 0.2) is 0 Å². The van der Waals surface area contributed by atoms with Crippen molar-refractivity contribution in [1.82, 2.24) is 5.32 Å². The van der Waals surface area contributed by atoms with Crippen LogP contribution in [0.25, 0.3) is 0 Å². The minimum Gasteiger partial charge on any atom is -0.379 e. The maximum Gasteiger partial charge on any atom is 0.0591 e. The van der Waals surface area contributed by atoms with Gasteiger partial charge in [-0.05, 0) is 0 Å². The van der Waals surface area contributed by atoms with Gasteiger partial charge in [0.25, 0.3) is 0 Å². The van der Waals surface area contributed by atoms with Crippen molar-refractivity contribution in [2.75, 3.05) is 39.4 Å². The molecule has 0 aromatic rings. The highest BCUT2D eigenvalue weighted by molar-refractivity contribution is 4.45. The molecule has 0 aliphatic heterocycles. The molecule has 0 amide bonds. The average molecular weight is 147 g/mol. The first kappa shape index (κ1) is 9.84. The molecule has 0 saturated heterocycles. The summed E-state index contributed by atoms with van der Waals surface area (Å²) < 4.78 is 5.10. The molecule has 0 aromatic heterocycles. The smallest absolute Gasteiger partial charge is 0.0591 e. The van der Waals surface area contributed by atoms with E-state index >= 15 is 0 Å². The fraction of sp³-hybridized carbons (Fsp3) is 1.00. The van der Waals surface area contributed by atoms with Gasteiger partial charge in [0.05, 0.1) is 13.2 Å². The summed E-state index contributed by atoms with van der Waals surface area (Å²) in [6, 6.07) is 0. The van der Waals surface area contributed by atoms with Crippen molar-refractivity contribution in [2.45, 2.75) is 0 Å². The molecule has 10 heavy (non-hydrogen) atoms. The van der Waals surface area contributed by atoms with E-state index < -0.39 is 0 Å². The van der Waals surface area contributed by atoms with E-state index in [1.807, 2.05) is 0 Å². The van der Waals surface area contributed by atoms with E-state index in [1.54, 1.807) is 0 Å². The molecule has 0 radical (unpaired) electrons. The van der Waals surface area contributed by atoms with E-state index in [4.69, 9.17) is 16.2 Å². The zero-order chi connectivity index (χ0) is 7.66. The predicted octanol–water partition coefficient (Wildman–Crippen LogP) is -1.49. The highest BCUT2D eigenvalue weighted by Crippen LogP contribution is 1.68. The van der Waals surface area contributed by atoms with Gasteiger partial charge in [-0.1, -0.05) is 0 Å². The maximum absolute atomic E-state index is 5.25. The van der Waals surface area contributed by atoms with E-state index in [1.165, 1.54) is 0 Å². The Balaban J connectivity index is 2.65. The third-order valence-corrected chi connectivity index (χ3v) is 1.01. The van der Waals surface area contributed by atoms with Crippen molar-refractivity contribution in [1.29, 1.82) is 0 Å². The topological polar surface area (TPSA) is 73.3 Å². The van der Waals surface area contributed by atoms with Crippen LogP contribution in [0.3, 0.4) is 0 Å². The van der Waals surface area contributed by atoms with E-state index in [2.05, 4.69) is 5.32 Å². The van der Waals surface area contributed by atoms with Crippen LogP contribution in [-0.2, 0) is 4.74 Å². The fourth-order valence-electron chi connectivity index (χ4n) is 0.557. The van der Waals surface area contributed by atoms with Crippen LogP contribution in [0.1, 0.15) is 0 Å². The number of ether oxygens (including phenoxy) is 1. The van der Waals surface area contributed by atoms with Gasteiger partial charge >= 0.3 is 0 Å². The molecule has 0 aliphatic carbocycles. The van der Waals surface area contributed by atoms with Crippen molar-refractivity contribution in [2.24, 2.45) is 11.5 Å². The zero-order valence-electron chi connectivity index (χ0n) is 6.31. The van der Waals surface area contributed by atoms with Gasteiger partial charge in [0.1, 0.15) is 0 Å². The van der Waals surface area contributed by atoms with Crippen molar-refractivity contribution < 1.29 is 4.74 Å². The Morgan fingerprint density at radius 3 is 2.40 bits per heavy atom. The van der Waals surface area contributed by atoms with Crippen LogP contribution < -0.4 is 16.8 Å². The van der Waals surface area contributed by atoms with Crippen LogP contribution in [-0.4, -0.2) is 39.4 Å². The predicted molar refractivity (Wildman–Crippen MR) is 41.8 cm³/mol. The van der Waals surface area contributed by atoms with Gasteiger partial charge in [0.2, 0.25) is 0 Å². The standard InChI is InChI=1S/C6H17N3O/c7-1-3-9-4-6-10-5-2-8/h9H,1-8H2. The minimum atomic E-state index is 0.594. The summed E-state index contributed by atoms with van der Waals surface area (Å²) in [6.07, 6.45) is 0. The second kappa shape index (κ2) is 8.84. The molecule has 0 bridgehead atoms. The third kappa shape index (κ3) is 7.84. The summed E-state index contributed by atoms with van der Waals surface area (Å²) in [5.41, 5.74) is 10.5. The number of rotatable bonds is 7. The molecule has 0 saturated carbocycles. The third-order valence-electron chi connectivity index (χ3n) is 1.01. The molecule has 0 atom stereocenters. The minimum absolute atomic E-state index is 0.594. The lowest BCUT2D eigenvalue weighted by molar-refractivity contribution is 0.143. The molecule has 62 valence electrons. The Morgan fingerprint density at radius 2 is 1.80 bits per heavy atom. The van der Waals surface area contributed by atoms with E-state index in [0.717, 1.165) is 19.7 Å². The van der Waals surface area contributed by atoms with Gasteiger partial charge in [-0.15, -0.1) is 0 Å². The first-order valence-corrected chi connectivity index (χ1v) is 3.60. The highest BCUT2D eigenvalue weighted by Gasteiger charge is 1.84. The van der Waals surface area contributed by atoms with Gasteiger partial charge in [0, 0.05) is 26.2 Å². The summed E-state index contributed by atoms with van der Waals surface area (Å²) in [6.45, 7) is 4.35. The highest BCUT2D eigenvalue weighted by atomic mass is 16.5. The lowest BCUT2D eigenvalue weighted by Gasteiger charge is -2.02. The van der Waals surface area contributed by atoms with Crippen molar-refractivity contribution in [3.63, 3.8) is 0 Å². The van der Waals surface area contributed by atoms with Crippen molar-refractivity contribution in [3.05, 3.63) is 0 Å². The van der Waals surface area contributed by atoms with Crippen LogP contribution >= 0.6 is 0 Å². The summed E-state index contributed by atoms with van der Waals surface area (Å²) in [5, 5.41) is 3.10. The number of hydrogen-bond acceptors (Lipinski definition) is 4. The number of hydrogen-bond donors (Lipinski definition) is 3. The molecular formula is C6H17N3O. The molecule has 0 unspecified atom stereocenters. The summed E-state index contributed by atoms with van der Waals surface area (Å²) in [7, 11) is 0. The zero-order valence-corrected chi connectivity index (χ0v) is 6.31. The first-order chi connectivity index (χ1) is 4.91. The van der Waals surface area contributed by atoms with Crippen LogP contribution in [0.2, 0.25) is 0 Å². The van der Waals surface area contributed by atoms with Crippen LogP contribution in [0, 0.1) is 0 Å². The van der Waals surface area contributed by atoms with Gasteiger partial charge in [-0.3, -0.25) is 0 Å². The SMILES string of the molecule is NCCNCCOCCN. The van der Waals surface area contributed by atoms with Gasteiger partial charge in [-0.2, -0.15) is 0 Å². The second-order valence-corrected chi connectivity index (χ2v) is 1.94. The van der Waals surface area contributed by atoms with Crippen molar-refractivity contribution in [3.8, 4) is 0 Å². The monoisotopic (exact) mass is 147 g/mol. The van der Waals surface area contributed by atoms with Gasteiger partial charge in [-0.25, -0.2) is 0 Å². The first-order valence-electron chi connectivity index (χ1n) is 3.60. The van der Waals surface area contributed by atoms with E-state index in [-0.39, 0.29) is 0 Å². The Morgan fingerprint density at radius 1 is 1.00 bits per heavy atom.